The van der Waals surface area contributed by atoms with E-state index in [2.05, 4.69) is 17.2 Å². The summed E-state index contributed by atoms with van der Waals surface area (Å²) in [6.45, 7) is 5.36. The average Bonchev–Trinajstić information content (AvgIpc) is 3.13. The third kappa shape index (κ3) is 4.55. The molecule has 1 N–H and O–H groups in total. The smallest absolute Gasteiger partial charge is 0.244 e. The summed E-state index contributed by atoms with van der Waals surface area (Å²) in [4.78, 5) is 17.8. The Kier molecular flexibility index (Phi) is 6.59. The number of nitrogens with zero attached hydrogens (tertiary/aromatic N) is 3. The standard InChI is InChI=1S/C23H28N4O4S/c1-3-6-22-25-19-7-4-5-8-20(19)27(22)16-23(28)24-18-10-9-17(2)21(15-18)32(29,30)26-11-13-31-14-12-26/h4-5,7-10,15H,3,6,11-14,16H2,1-2H3,(H,24,28). The maximum absolute atomic E-state index is 13.1. The molecule has 1 amide bonds. The first-order valence-electron chi connectivity index (χ1n) is 10.8. The monoisotopic (exact) mass is 456 g/mol. The van der Waals surface area contributed by atoms with Crippen molar-refractivity contribution in [3.63, 3.8) is 0 Å². The molecule has 9 heteroatoms. The number of imidazole rings is 1. The number of sulfonamides is 1. The zero-order valence-electron chi connectivity index (χ0n) is 18.4. The topological polar surface area (TPSA) is 93.5 Å². The van der Waals surface area contributed by atoms with E-state index in [-0.39, 0.29) is 17.3 Å². The number of anilines is 1. The first-order valence-corrected chi connectivity index (χ1v) is 12.3. The van der Waals surface area contributed by atoms with Crippen LogP contribution in [-0.2, 0) is 32.5 Å². The molecule has 0 saturated carbocycles. The molecule has 4 rings (SSSR count). The lowest BCUT2D eigenvalue weighted by Crippen LogP contribution is -2.40. The fourth-order valence-corrected chi connectivity index (χ4v) is 5.60. The molecule has 1 aliphatic rings. The fraction of sp³-hybridized carbons (Fsp3) is 0.391. The van der Waals surface area contributed by atoms with Crippen LogP contribution in [0.2, 0.25) is 0 Å². The molecule has 0 spiro atoms. The number of morpholine rings is 1. The van der Waals surface area contributed by atoms with Gasteiger partial charge in [-0.2, -0.15) is 4.31 Å². The van der Waals surface area contributed by atoms with Crippen LogP contribution in [0.3, 0.4) is 0 Å². The van der Waals surface area contributed by atoms with E-state index in [1.54, 1.807) is 19.1 Å². The van der Waals surface area contributed by atoms with Crippen LogP contribution in [0.15, 0.2) is 47.4 Å². The minimum absolute atomic E-state index is 0.106. The average molecular weight is 457 g/mol. The van der Waals surface area contributed by atoms with Gasteiger partial charge in [-0.1, -0.05) is 25.1 Å². The summed E-state index contributed by atoms with van der Waals surface area (Å²) in [6, 6.07) is 12.7. The number of aryl methyl sites for hydroxylation is 2. The van der Waals surface area contributed by atoms with Crippen molar-refractivity contribution < 1.29 is 17.9 Å². The van der Waals surface area contributed by atoms with Gasteiger partial charge in [0, 0.05) is 25.2 Å². The number of hydrogen-bond acceptors (Lipinski definition) is 5. The SMILES string of the molecule is CCCc1nc2ccccc2n1CC(=O)Nc1ccc(C)c(S(=O)(=O)N2CCOCC2)c1. The second-order valence-corrected chi connectivity index (χ2v) is 9.80. The Hall–Kier alpha value is -2.75. The van der Waals surface area contributed by atoms with Gasteiger partial charge in [0.05, 0.1) is 29.1 Å². The van der Waals surface area contributed by atoms with Crippen LogP contribution in [0, 0.1) is 6.92 Å². The van der Waals surface area contributed by atoms with E-state index in [4.69, 9.17) is 4.74 Å². The van der Waals surface area contributed by atoms with E-state index in [0.29, 0.717) is 37.6 Å². The summed E-state index contributed by atoms with van der Waals surface area (Å²) < 4.78 is 34.8. The van der Waals surface area contributed by atoms with Crippen molar-refractivity contribution in [1.29, 1.82) is 0 Å². The van der Waals surface area contributed by atoms with E-state index in [1.807, 2.05) is 28.8 Å². The maximum atomic E-state index is 13.1. The highest BCUT2D eigenvalue weighted by Gasteiger charge is 2.28. The van der Waals surface area contributed by atoms with E-state index < -0.39 is 10.0 Å². The molecule has 2 heterocycles. The van der Waals surface area contributed by atoms with Gasteiger partial charge in [-0.3, -0.25) is 4.79 Å². The quantitative estimate of drug-likeness (QED) is 0.590. The van der Waals surface area contributed by atoms with E-state index in [0.717, 1.165) is 29.7 Å². The van der Waals surface area contributed by atoms with Crippen LogP contribution in [-0.4, -0.2) is 54.5 Å². The minimum Gasteiger partial charge on any atom is -0.379 e. The second kappa shape index (κ2) is 9.40. The van der Waals surface area contributed by atoms with E-state index in [9.17, 15) is 13.2 Å². The Bertz CT molecular complexity index is 1230. The van der Waals surface area contributed by atoms with Crippen molar-refractivity contribution >= 4 is 32.7 Å². The van der Waals surface area contributed by atoms with Gasteiger partial charge in [0.1, 0.15) is 12.4 Å². The molecule has 0 unspecified atom stereocenters. The molecule has 0 radical (unpaired) electrons. The highest BCUT2D eigenvalue weighted by atomic mass is 32.2. The molecule has 32 heavy (non-hydrogen) atoms. The molecule has 1 aliphatic heterocycles. The zero-order chi connectivity index (χ0) is 22.7. The number of rotatable bonds is 7. The van der Waals surface area contributed by atoms with Crippen molar-refractivity contribution in [3.05, 3.63) is 53.9 Å². The number of fused-ring (bicyclic) bond motifs is 1. The first-order chi connectivity index (χ1) is 15.4. The number of benzene rings is 2. The molecule has 0 atom stereocenters. The Labute approximate surface area is 188 Å². The van der Waals surface area contributed by atoms with E-state index in [1.165, 1.54) is 10.4 Å². The Balaban J connectivity index is 1.56. The molecule has 1 aromatic heterocycles. The summed E-state index contributed by atoms with van der Waals surface area (Å²) in [5.41, 5.74) is 2.86. The van der Waals surface area contributed by atoms with Crippen LogP contribution >= 0.6 is 0 Å². The zero-order valence-corrected chi connectivity index (χ0v) is 19.2. The van der Waals surface area contributed by atoms with E-state index >= 15 is 0 Å². The second-order valence-electron chi connectivity index (χ2n) is 7.90. The Morgan fingerprint density at radius 2 is 1.91 bits per heavy atom. The van der Waals surface area contributed by atoms with Crippen LogP contribution in [0.25, 0.3) is 11.0 Å². The molecular formula is C23H28N4O4S. The third-order valence-electron chi connectivity index (χ3n) is 5.57. The number of hydrogen-bond donors (Lipinski definition) is 1. The van der Waals surface area contributed by atoms with Crippen LogP contribution in [0.4, 0.5) is 5.69 Å². The van der Waals surface area contributed by atoms with Gasteiger partial charge in [-0.05, 0) is 43.2 Å². The third-order valence-corrected chi connectivity index (χ3v) is 7.61. The van der Waals surface area contributed by atoms with Gasteiger partial charge in [-0.15, -0.1) is 0 Å². The Morgan fingerprint density at radius 3 is 2.66 bits per heavy atom. The van der Waals surface area contributed by atoms with Crippen LogP contribution < -0.4 is 5.32 Å². The van der Waals surface area contributed by atoms with Gasteiger partial charge in [-0.25, -0.2) is 13.4 Å². The summed E-state index contributed by atoms with van der Waals surface area (Å²) in [5.74, 6) is 0.632. The van der Waals surface area contributed by atoms with Gasteiger partial charge in [0.15, 0.2) is 0 Å². The largest absolute Gasteiger partial charge is 0.379 e. The predicted molar refractivity (Wildman–Crippen MR) is 123 cm³/mol. The predicted octanol–water partition coefficient (Wildman–Crippen LogP) is 2.96. The van der Waals surface area contributed by atoms with Crippen LogP contribution in [0.1, 0.15) is 24.7 Å². The molecule has 3 aromatic rings. The summed E-state index contributed by atoms with van der Waals surface area (Å²) >= 11 is 0. The number of nitrogens with one attached hydrogen (secondary N) is 1. The normalized spacial score (nSPS) is 15.2. The lowest BCUT2D eigenvalue weighted by Gasteiger charge is -2.26. The molecule has 2 aromatic carbocycles. The maximum Gasteiger partial charge on any atom is 0.244 e. The van der Waals surface area contributed by atoms with Crippen molar-refractivity contribution in [1.82, 2.24) is 13.9 Å². The number of carbonyl (C=O) groups excluding carboxylic acids is 1. The first kappa shape index (κ1) is 22.4. The molecule has 1 fully saturated rings. The summed E-state index contributed by atoms with van der Waals surface area (Å²) in [7, 11) is -3.66. The lowest BCUT2D eigenvalue weighted by molar-refractivity contribution is -0.116. The summed E-state index contributed by atoms with van der Waals surface area (Å²) in [5, 5.41) is 2.86. The molecular weight excluding hydrogens is 428 g/mol. The lowest BCUT2D eigenvalue weighted by atomic mass is 10.2. The van der Waals surface area contributed by atoms with Crippen molar-refractivity contribution in [2.75, 3.05) is 31.6 Å². The molecule has 1 saturated heterocycles. The number of amides is 1. The van der Waals surface area contributed by atoms with Crippen molar-refractivity contribution in [2.24, 2.45) is 0 Å². The van der Waals surface area contributed by atoms with Gasteiger partial charge < -0.3 is 14.6 Å². The highest BCUT2D eigenvalue weighted by molar-refractivity contribution is 7.89. The summed E-state index contributed by atoms with van der Waals surface area (Å²) in [6.07, 6.45) is 1.69. The van der Waals surface area contributed by atoms with Gasteiger partial charge in [0.25, 0.3) is 0 Å². The number of ether oxygens (including phenoxy) is 1. The molecule has 0 bridgehead atoms. The Morgan fingerprint density at radius 1 is 1.16 bits per heavy atom. The van der Waals surface area contributed by atoms with Gasteiger partial charge in [0.2, 0.25) is 15.9 Å². The van der Waals surface area contributed by atoms with Crippen molar-refractivity contribution in [2.45, 2.75) is 38.1 Å². The number of para-hydroxylation sites is 2. The number of aromatic nitrogens is 2. The molecule has 8 nitrogen and oxygen atoms in total. The molecule has 170 valence electrons. The highest BCUT2D eigenvalue weighted by Crippen LogP contribution is 2.25. The van der Waals surface area contributed by atoms with Crippen molar-refractivity contribution in [3.8, 4) is 0 Å². The fourth-order valence-electron chi connectivity index (χ4n) is 3.94. The molecule has 0 aliphatic carbocycles. The minimum atomic E-state index is -3.66. The number of carbonyl (C=O) groups is 1. The van der Waals surface area contributed by atoms with Gasteiger partial charge >= 0.3 is 0 Å². The van der Waals surface area contributed by atoms with Crippen LogP contribution in [0.5, 0.6) is 0 Å².